The van der Waals surface area contributed by atoms with Gasteiger partial charge in [-0.2, -0.15) is 0 Å². The summed E-state index contributed by atoms with van der Waals surface area (Å²) in [6, 6.07) is 13.8. The van der Waals surface area contributed by atoms with Crippen molar-refractivity contribution in [1.29, 1.82) is 0 Å². The van der Waals surface area contributed by atoms with Crippen molar-refractivity contribution >= 4 is 5.91 Å². The van der Waals surface area contributed by atoms with Crippen LogP contribution in [0.5, 0.6) is 17.2 Å². The summed E-state index contributed by atoms with van der Waals surface area (Å²) in [5.74, 6) is 2.88. The van der Waals surface area contributed by atoms with Crippen molar-refractivity contribution in [3.05, 3.63) is 53.6 Å². The molecule has 150 valence electrons. The van der Waals surface area contributed by atoms with Crippen molar-refractivity contribution in [3.63, 3.8) is 0 Å². The fraction of sp³-hybridized carbons (Fsp3) is 0.435. The SMILES string of the molecule is COc1ccc([C@H](CC(C)C)NC(=O)CCc2ccc3c(c2)OCCO3)cc1. The summed E-state index contributed by atoms with van der Waals surface area (Å²) < 4.78 is 16.4. The molecular formula is C23H29NO4. The van der Waals surface area contributed by atoms with Crippen LogP contribution in [0.1, 0.15) is 43.9 Å². The zero-order valence-corrected chi connectivity index (χ0v) is 16.9. The number of amides is 1. The molecule has 1 aliphatic heterocycles. The summed E-state index contributed by atoms with van der Waals surface area (Å²) in [5, 5.41) is 3.20. The molecule has 1 amide bonds. The molecule has 0 saturated carbocycles. The summed E-state index contributed by atoms with van der Waals surface area (Å²) in [6.45, 7) is 5.47. The van der Waals surface area contributed by atoms with Gasteiger partial charge in [0.05, 0.1) is 13.2 Å². The minimum absolute atomic E-state index is 0.00123. The normalized spacial score (nSPS) is 13.9. The predicted octanol–water partition coefficient (Wildman–Crippen LogP) is 4.30. The van der Waals surface area contributed by atoms with Gasteiger partial charge in [-0.1, -0.05) is 32.0 Å². The van der Waals surface area contributed by atoms with Crippen LogP contribution in [0.3, 0.4) is 0 Å². The Morgan fingerprint density at radius 2 is 1.79 bits per heavy atom. The van der Waals surface area contributed by atoms with Crippen molar-refractivity contribution in [2.75, 3.05) is 20.3 Å². The van der Waals surface area contributed by atoms with Gasteiger partial charge in [-0.15, -0.1) is 0 Å². The Morgan fingerprint density at radius 1 is 1.07 bits per heavy atom. The van der Waals surface area contributed by atoms with E-state index in [2.05, 4.69) is 19.2 Å². The van der Waals surface area contributed by atoms with Crippen molar-refractivity contribution < 1.29 is 19.0 Å². The summed E-state index contributed by atoms with van der Waals surface area (Å²) in [4.78, 5) is 12.6. The van der Waals surface area contributed by atoms with E-state index in [1.807, 2.05) is 42.5 Å². The highest BCUT2D eigenvalue weighted by atomic mass is 16.6. The molecule has 0 saturated heterocycles. The van der Waals surface area contributed by atoms with Gasteiger partial charge < -0.3 is 19.5 Å². The lowest BCUT2D eigenvalue weighted by Gasteiger charge is -2.22. The number of rotatable bonds is 8. The number of hydrogen-bond donors (Lipinski definition) is 1. The minimum Gasteiger partial charge on any atom is -0.497 e. The van der Waals surface area contributed by atoms with Gasteiger partial charge in [-0.05, 0) is 54.2 Å². The molecule has 5 heteroatoms. The van der Waals surface area contributed by atoms with Crippen LogP contribution in [-0.2, 0) is 11.2 Å². The van der Waals surface area contributed by atoms with Gasteiger partial charge >= 0.3 is 0 Å². The van der Waals surface area contributed by atoms with Gasteiger partial charge in [-0.25, -0.2) is 0 Å². The second-order valence-corrected chi connectivity index (χ2v) is 7.50. The van der Waals surface area contributed by atoms with E-state index < -0.39 is 0 Å². The average molecular weight is 383 g/mol. The van der Waals surface area contributed by atoms with Gasteiger partial charge in [0.15, 0.2) is 11.5 Å². The quantitative estimate of drug-likeness (QED) is 0.738. The first kappa shape index (κ1) is 20.1. The van der Waals surface area contributed by atoms with Crippen molar-refractivity contribution in [2.24, 2.45) is 5.92 Å². The fourth-order valence-corrected chi connectivity index (χ4v) is 3.35. The van der Waals surface area contributed by atoms with Crippen LogP contribution in [0.25, 0.3) is 0 Å². The van der Waals surface area contributed by atoms with Gasteiger partial charge in [-0.3, -0.25) is 4.79 Å². The molecule has 1 atom stereocenters. The van der Waals surface area contributed by atoms with E-state index in [1.54, 1.807) is 7.11 Å². The number of methoxy groups -OCH3 is 1. The number of nitrogens with one attached hydrogen (secondary N) is 1. The van der Waals surface area contributed by atoms with Gasteiger partial charge in [0.1, 0.15) is 19.0 Å². The van der Waals surface area contributed by atoms with Crippen LogP contribution in [0.15, 0.2) is 42.5 Å². The van der Waals surface area contributed by atoms with E-state index in [9.17, 15) is 4.79 Å². The molecule has 2 aromatic rings. The van der Waals surface area contributed by atoms with Crippen LogP contribution in [0.4, 0.5) is 0 Å². The number of ether oxygens (including phenoxy) is 3. The van der Waals surface area contributed by atoms with Crippen LogP contribution in [0, 0.1) is 5.92 Å². The highest BCUT2D eigenvalue weighted by Gasteiger charge is 2.17. The molecule has 0 radical (unpaired) electrons. The molecule has 1 aliphatic rings. The fourth-order valence-electron chi connectivity index (χ4n) is 3.35. The third kappa shape index (κ3) is 5.41. The second-order valence-electron chi connectivity index (χ2n) is 7.50. The Balaban J connectivity index is 1.60. The van der Waals surface area contributed by atoms with E-state index in [-0.39, 0.29) is 11.9 Å². The largest absolute Gasteiger partial charge is 0.497 e. The maximum atomic E-state index is 12.6. The first-order valence-electron chi connectivity index (χ1n) is 9.87. The average Bonchev–Trinajstić information content (AvgIpc) is 2.71. The van der Waals surface area contributed by atoms with Crippen LogP contribution < -0.4 is 19.5 Å². The number of carbonyl (C=O) groups excluding carboxylic acids is 1. The topological polar surface area (TPSA) is 56.8 Å². The molecule has 0 unspecified atom stereocenters. The van der Waals surface area contributed by atoms with E-state index >= 15 is 0 Å². The van der Waals surface area contributed by atoms with Gasteiger partial charge in [0.25, 0.3) is 0 Å². The van der Waals surface area contributed by atoms with Crippen molar-refractivity contribution in [2.45, 2.75) is 39.2 Å². The maximum Gasteiger partial charge on any atom is 0.220 e. The lowest BCUT2D eigenvalue weighted by atomic mass is 9.96. The third-order valence-electron chi connectivity index (χ3n) is 4.81. The lowest BCUT2D eigenvalue weighted by Crippen LogP contribution is -2.29. The summed E-state index contributed by atoms with van der Waals surface area (Å²) in [5.41, 5.74) is 2.17. The first-order chi connectivity index (χ1) is 13.5. The number of carbonyl (C=O) groups is 1. The molecule has 0 spiro atoms. The molecule has 1 N–H and O–H groups in total. The van der Waals surface area contributed by atoms with Crippen molar-refractivity contribution in [3.8, 4) is 17.2 Å². The highest BCUT2D eigenvalue weighted by molar-refractivity contribution is 5.76. The standard InChI is InChI=1S/C23H29NO4/c1-16(2)14-20(18-6-8-19(26-3)9-7-18)24-23(25)11-5-17-4-10-21-22(15-17)28-13-12-27-21/h4,6-10,15-16,20H,5,11-14H2,1-3H3,(H,24,25)/t20-/m0/s1. The Kier molecular flexibility index (Phi) is 6.80. The Morgan fingerprint density at radius 3 is 2.46 bits per heavy atom. The number of benzene rings is 2. The number of hydrogen-bond acceptors (Lipinski definition) is 4. The van der Waals surface area contributed by atoms with E-state index in [0.29, 0.717) is 32.0 Å². The summed E-state index contributed by atoms with van der Waals surface area (Å²) >= 11 is 0. The Bertz CT molecular complexity index is 786. The number of fused-ring (bicyclic) bond motifs is 1. The van der Waals surface area contributed by atoms with Crippen LogP contribution >= 0.6 is 0 Å². The third-order valence-corrected chi connectivity index (χ3v) is 4.81. The lowest BCUT2D eigenvalue weighted by molar-refractivity contribution is -0.121. The second kappa shape index (κ2) is 9.49. The first-order valence-corrected chi connectivity index (χ1v) is 9.87. The van der Waals surface area contributed by atoms with E-state index in [0.717, 1.165) is 34.8 Å². The van der Waals surface area contributed by atoms with E-state index in [1.165, 1.54) is 0 Å². The van der Waals surface area contributed by atoms with Gasteiger partial charge in [0.2, 0.25) is 5.91 Å². The number of aryl methyl sites for hydroxylation is 1. The monoisotopic (exact) mass is 383 g/mol. The molecule has 0 aromatic heterocycles. The minimum atomic E-state index is -0.00123. The molecule has 3 rings (SSSR count). The zero-order chi connectivity index (χ0) is 19.9. The maximum absolute atomic E-state index is 12.6. The zero-order valence-electron chi connectivity index (χ0n) is 16.9. The smallest absolute Gasteiger partial charge is 0.220 e. The Labute approximate surface area is 167 Å². The van der Waals surface area contributed by atoms with Crippen LogP contribution in [0.2, 0.25) is 0 Å². The van der Waals surface area contributed by atoms with E-state index in [4.69, 9.17) is 14.2 Å². The molecule has 5 nitrogen and oxygen atoms in total. The van der Waals surface area contributed by atoms with Gasteiger partial charge in [0, 0.05) is 6.42 Å². The molecule has 0 fully saturated rings. The molecule has 0 bridgehead atoms. The molecular weight excluding hydrogens is 354 g/mol. The molecule has 0 aliphatic carbocycles. The summed E-state index contributed by atoms with van der Waals surface area (Å²) in [7, 11) is 1.65. The molecule has 28 heavy (non-hydrogen) atoms. The predicted molar refractivity (Wildman–Crippen MR) is 109 cm³/mol. The Hall–Kier alpha value is -2.69. The molecule has 1 heterocycles. The highest BCUT2D eigenvalue weighted by Crippen LogP contribution is 2.31. The molecule has 2 aromatic carbocycles. The van der Waals surface area contributed by atoms with Crippen molar-refractivity contribution in [1.82, 2.24) is 5.32 Å². The summed E-state index contributed by atoms with van der Waals surface area (Å²) in [6.07, 6.45) is 1.99. The van der Waals surface area contributed by atoms with Crippen LogP contribution in [-0.4, -0.2) is 26.2 Å².